The summed E-state index contributed by atoms with van der Waals surface area (Å²) < 4.78 is 11.1. The second-order valence-electron chi connectivity index (χ2n) is 7.51. The lowest BCUT2D eigenvalue weighted by Gasteiger charge is -2.22. The molecule has 2 amide bonds. The van der Waals surface area contributed by atoms with Gasteiger partial charge in [0, 0.05) is 51.0 Å². The van der Waals surface area contributed by atoms with Gasteiger partial charge in [0.25, 0.3) is 0 Å². The third-order valence-electron chi connectivity index (χ3n) is 5.25. The van der Waals surface area contributed by atoms with E-state index in [9.17, 15) is 9.59 Å². The number of hydrogen-bond acceptors (Lipinski definition) is 5. The molecule has 1 saturated heterocycles. The van der Waals surface area contributed by atoms with E-state index in [4.69, 9.17) is 9.47 Å². The van der Waals surface area contributed by atoms with Gasteiger partial charge in [-0.25, -0.2) is 0 Å². The van der Waals surface area contributed by atoms with Crippen LogP contribution in [0.15, 0.2) is 42.5 Å². The lowest BCUT2D eigenvalue weighted by molar-refractivity contribution is -0.126. The Bertz CT molecular complexity index is 911. The lowest BCUT2D eigenvalue weighted by atomic mass is 10.1. The summed E-state index contributed by atoms with van der Waals surface area (Å²) in [6, 6.07) is 13.5. The van der Waals surface area contributed by atoms with Crippen molar-refractivity contribution in [3.63, 3.8) is 0 Å². The first-order valence-electron chi connectivity index (χ1n) is 9.75. The van der Waals surface area contributed by atoms with E-state index in [1.54, 1.807) is 11.0 Å². The van der Waals surface area contributed by atoms with Gasteiger partial charge in [-0.3, -0.25) is 9.59 Å². The minimum absolute atomic E-state index is 0.0582. The number of amides is 2. The smallest absolute Gasteiger partial charge is 0.227 e. The standard InChI is InChI=1S/C22H25N3O4/c1-24(2)17-5-3-15(4-6-17)13-23-22(27)16-11-21(26)25(14-16)18-7-8-19-20(12-18)29-10-9-28-19/h3-8,12,16H,9-11,13-14H2,1-2H3,(H,23,27)/t16-/m0/s1. The molecule has 4 rings (SSSR count). The van der Waals surface area contributed by atoms with Crippen LogP contribution in [0, 0.1) is 5.92 Å². The van der Waals surface area contributed by atoms with E-state index in [1.165, 1.54) is 0 Å². The molecule has 1 fully saturated rings. The second kappa shape index (κ2) is 8.03. The van der Waals surface area contributed by atoms with Crippen LogP contribution in [0.2, 0.25) is 0 Å². The van der Waals surface area contributed by atoms with Crippen LogP contribution in [0.5, 0.6) is 11.5 Å². The van der Waals surface area contributed by atoms with Gasteiger partial charge in [0.05, 0.1) is 5.92 Å². The van der Waals surface area contributed by atoms with E-state index in [2.05, 4.69) is 5.32 Å². The Balaban J connectivity index is 1.36. The van der Waals surface area contributed by atoms with Crippen LogP contribution in [0.4, 0.5) is 11.4 Å². The first-order valence-corrected chi connectivity index (χ1v) is 9.75. The zero-order valence-corrected chi connectivity index (χ0v) is 16.7. The number of ether oxygens (including phenoxy) is 2. The molecular weight excluding hydrogens is 370 g/mol. The molecule has 0 radical (unpaired) electrons. The second-order valence-corrected chi connectivity index (χ2v) is 7.51. The molecule has 7 heteroatoms. The van der Waals surface area contributed by atoms with Gasteiger partial charge in [-0.2, -0.15) is 0 Å². The van der Waals surface area contributed by atoms with E-state index in [0.717, 1.165) is 16.9 Å². The van der Waals surface area contributed by atoms with E-state index in [1.807, 2.05) is 55.4 Å². The Morgan fingerprint density at radius 3 is 2.55 bits per heavy atom. The molecule has 152 valence electrons. The summed E-state index contributed by atoms with van der Waals surface area (Å²) in [6.07, 6.45) is 0.208. The Morgan fingerprint density at radius 1 is 1.10 bits per heavy atom. The first kappa shape index (κ1) is 19.1. The molecule has 0 aliphatic carbocycles. The summed E-state index contributed by atoms with van der Waals surface area (Å²) in [6.45, 7) is 1.82. The van der Waals surface area contributed by atoms with Gasteiger partial charge in [0.1, 0.15) is 13.2 Å². The molecule has 0 saturated carbocycles. The summed E-state index contributed by atoms with van der Waals surface area (Å²) in [4.78, 5) is 28.8. The molecule has 2 aromatic carbocycles. The third-order valence-corrected chi connectivity index (χ3v) is 5.25. The molecular formula is C22H25N3O4. The highest BCUT2D eigenvalue weighted by Crippen LogP contribution is 2.36. The van der Waals surface area contributed by atoms with Gasteiger partial charge in [-0.15, -0.1) is 0 Å². The minimum atomic E-state index is -0.364. The number of nitrogens with one attached hydrogen (secondary N) is 1. The number of carbonyl (C=O) groups is 2. The maximum Gasteiger partial charge on any atom is 0.227 e. The molecule has 1 N–H and O–H groups in total. The molecule has 29 heavy (non-hydrogen) atoms. The lowest BCUT2D eigenvalue weighted by Crippen LogP contribution is -2.32. The van der Waals surface area contributed by atoms with Crippen molar-refractivity contribution >= 4 is 23.2 Å². The highest BCUT2D eigenvalue weighted by molar-refractivity contribution is 6.00. The maximum atomic E-state index is 12.6. The van der Waals surface area contributed by atoms with Crippen LogP contribution in [-0.2, 0) is 16.1 Å². The van der Waals surface area contributed by atoms with Crippen molar-refractivity contribution in [2.45, 2.75) is 13.0 Å². The Morgan fingerprint density at radius 2 is 1.83 bits per heavy atom. The van der Waals surface area contributed by atoms with Gasteiger partial charge < -0.3 is 24.6 Å². The van der Waals surface area contributed by atoms with E-state index in [-0.39, 0.29) is 24.2 Å². The predicted molar refractivity (Wildman–Crippen MR) is 111 cm³/mol. The number of benzene rings is 2. The largest absolute Gasteiger partial charge is 0.486 e. The molecule has 1 atom stereocenters. The first-order chi connectivity index (χ1) is 14.0. The topological polar surface area (TPSA) is 71.1 Å². The van der Waals surface area contributed by atoms with E-state index >= 15 is 0 Å². The average Bonchev–Trinajstić information content (AvgIpc) is 3.13. The van der Waals surface area contributed by atoms with E-state index < -0.39 is 0 Å². The number of fused-ring (bicyclic) bond motifs is 1. The highest BCUT2D eigenvalue weighted by atomic mass is 16.6. The molecule has 0 bridgehead atoms. The Hall–Kier alpha value is -3.22. The zero-order valence-electron chi connectivity index (χ0n) is 16.7. The van der Waals surface area contributed by atoms with Gasteiger partial charge in [0.15, 0.2) is 11.5 Å². The number of hydrogen-bond donors (Lipinski definition) is 1. The van der Waals surface area contributed by atoms with Crippen LogP contribution in [0.25, 0.3) is 0 Å². The van der Waals surface area contributed by atoms with Gasteiger partial charge in [-0.1, -0.05) is 12.1 Å². The van der Waals surface area contributed by atoms with Crippen LogP contribution < -0.4 is 24.6 Å². The summed E-state index contributed by atoms with van der Waals surface area (Å²) in [5, 5.41) is 2.96. The van der Waals surface area contributed by atoms with Crippen molar-refractivity contribution in [2.75, 3.05) is 43.7 Å². The summed E-state index contributed by atoms with van der Waals surface area (Å²) in [7, 11) is 3.97. The fraction of sp³-hybridized carbons (Fsp3) is 0.364. The van der Waals surface area contributed by atoms with Crippen molar-refractivity contribution in [2.24, 2.45) is 5.92 Å². The monoisotopic (exact) mass is 395 g/mol. The molecule has 2 aromatic rings. The Kier molecular flexibility index (Phi) is 5.29. The van der Waals surface area contributed by atoms with Crippen LogP contribution in [-0.4, -0.2) is 45.7 Å². The third kappa shape index (κ3) is 4.13. The Labute approximate surface area is 170 Å². The SMILES string of the molecule is CN(C)c1ccc(CNC(=O)[C@H]2CC(=O)N(c3ccc4c(c3)OCCO4)C2)cc1. The van der Waals surface area contributed by atoms with Gasteiger partial charge in [0.2, 0.25) is 11.8 Å². The number of nitrogens with zero attached hydrogens (tertiary/aromatic N) is 2. The van der Waals surface area contributed by atoms with Gasteiger partial charge >= 0.3 is 0 Å². The van der Waals surface area contributed by atoms with Crippen molar-refractivity contribution in [1.29, 1.82) is 0 Å². The number of carbonyl (C=O) groups excluding carboxylic acids is 2. The molecule has 2 aliphatic rings. The fourth-order valence-electron chi connectivity index (χ4n) is 3.58. The number of anilines is 2. The number of rotatable bonds is 5. The van der Waals surface area contributed by atoms with Crippen molar-refractivity contribution < 1.29 is 19.1 Å². The normalized spacial score (nSPS) is 17.9. The maximum absolute atomic E-state index is 12.6. The van der Waals surface area contributed by atoms with Crippen LogP contribution >= 0.6 is 0 Å². The molecule has 7 nitrogen and oxygen atoms in total. The van der Waals surface area contributed by atoms with Gasteiger partial charge in [-0.05, 0) is 29.8 Å². The van der Waals surface area contributed by atoms with Crippen LogP contribution in [0.3, 0.4) is 0 Å². The average molecular weight is 395 g/mol. The summed E-state index contributed by atoms with van der Waals surface area (Å²) >= 11 is 0. The molecule has 0 aromatic heterocycles. The molecule has 0 spiro atoms. The summed E-state index contributed by atoms with van der Waals surface area (Å²) in [5.41, 5.74) is 2.86. The summed E-state index contributed by atoms with van der Waals surface area (Å²) in [5.74, 6) is 0.792. The minimum Gasteiger partial charge on any atom is -0.486 e. The van der Waals surface area contributed by atoms with Crippen molar-refractivity contribution in [3.05, 3.63) is 48.0 Å². The molecule has 2 heterocycles. The van der Waals surface area contributed by atoms with Crippen molar-refractivity contribution in [3.8, 4) is 11.5 Å². The quantitative estimate of drug-likeness (QED) is 0.840. The van der Waals surface area contributed by atoms with Crippen LogP contribution in [0.1, 0.15) is 12.0 Å². The van der Waals surface area contributed by atoms with E-state index in [0.29, 0.717) is 37.8 Å². The molecule has 0 unspecified atom stereocenters. The molecule has 2 aliphatic heterocycles. The van der Waals surface area contributed by atoms with Crippen molar-refractivity contribution in [1.82, 2.24) is 5.32 Å². The highest BCUT2D eigenvalue weighted by Gasteiger charge is 2.35. The predicted octanol–water partition coefficient (Wildman–Crippen LogP) is 2.19. The fourth-order valence-corrected chi connectivity index (χ4v) is 3.58. The zero-order chi connectivity index (χ0) is 20.4.